The van der Waals surface area contributed by atoms with E-state index >= 15 is 0 Å². The van der Waals surface area contributed by atoms with Crippen molar-refractivity contribution in [2.45, 2.75) is 13.0 Å². The Hall–Kier alpha value is -3.79. The molecule has 0 saturated carbocycles. The van der Waals surface area contributed by atoms with E-state index in [1.807, 2.05) is 23.2 Å². The molecule has 4 heterocycles. The fourth-order valence-electron chi connectivity index (χ4n) is 3.98. The highest BCUT2D eigenvalue weighted by molar-refractivity contribution is 5.90. The maximum atomic E-state index is 14.6. The van der Waals surface area contributed by atoms with Crippen LogP contribution in [0.2, 0.25) is 0 Å². The maximum absolute atomic E-state index is 14.6. The van der Waals surface area contributed by atoms with Crippen LogP contribution in [0.1, 0.15) is 6.42 Å². The molecule has 2 N–H and O–H groups in total. The summed E-state index contributed by atoms with van der Waals surface area (Å²) in [6, 6.07) is 8.46. The zero-order chi connectivity index (χ0) is 22.1. The number of fused-ring (bicyclic) bond motifs is 1. The van der Waals surface area contributed by atoms with Crippen molar-refractivity contribution in [2.75, 3.05) is 29.9 Å². The zero-order valence-electron chi connectivity index (χ0n) is 17.2. The predicted octanol–water partition coefficient (Wildman–Crippen LogP) is 2.19. The third-order valence-electron chi connectivity index (χ3n) is 5.67. The van der Waals surface area contributed by atoms with Gasteiger partial charge in [-0.2, -0.15) is 10.2 Å². The monoisotopic (exact) mass is 435 g/mol. The fraction of sp³-hybridized carbons (Fsp3) is 0.273. The number of pyridine rings is 1. The molecule has 1 aliphatic heterocycles. The van der Waals surface area contributed by atoms with Gasteiger partial charge in [-0.05, 0) is 42.3 Å². The first-order chi connectivity index (χ1) is 15.6. The molecule has 5 rings (SSSR count). The van der Waals surface area contributed by atoms with Crippen LogP contribution in [0.25, 0.3) is 16.8 Å². The molecule has 1 saturated heterocycles. The Balaban J connectivity index is 1.23. The molecule has 4 aromatic rings. The van der Waals surface area contributed by atoms with E-state index in [0.717, 1.165) is 23.2 Å². The van der Waals surface area contributed by atoms with Gasteiger partial charge in [0.05, 0.1) is 11.9 Å². The number of nitrogens with zero attached hydrogens (tertiary/aromatic N) is 6. The summed E-state index contributed by atoms with van der Waals surface area (Å²) >= 11 is 0. The number of hydrogen-bond donors (Lipinski definition) is 2. The van der Waals surface area contributed by atoms with Crippen molar-refractivity contribution < 1.29 is 14.3 Å². The number of aliphatic hydroxyl groups is 1. The van der Waals surface area contributed by atoms with Crippen LogP contribution < -0.4 is 10.2 Å². The lowest BCUT2D eigenvalue weighted by Gasteiger charge is -2.19. The third-order valence-corrected chi connectivity index (χ3v) is 5.67. The lowest BCUT2D eigenvalue weighted by atomic mass is 10.1. The zero-order valence-corrected chi connectivity index (χ0v) is 17.2. The highest BCUT2D eigenvalue weighted by Crippen LogP contribution is 2.28. The molecule has 10 heteroatoms. The second-order valence-electron chi connectivity index (χ2n) is 7.90. The molecule has 1 aliphatic rings. The molecule has 9 nitrogen and oxygen atoms in total. The first-order valence-corrected chi connectivity index (χ1v) is 10.4. The molecule has 0 unspecified atom stereocenters. The van der Waals surface area contributed by atoms with E-state index < -0.39 is 5.82 Å². The van der Waals surface area contributed by atoms with Crippen LogP contribution in [0.5, 0.6) is 0 Å². The van der Waals surface area contributed by atoms with Crippen molar-refractivity contribution in [3.8, 4) is 11.1 Å². The standard InChI is InChI=1S/C22H22FN7O2/c23-19-8-18(1-2-20(19)28-5-3-15(10-28)13-31)27-22(32)12-29-11-17(9-25-29)16-4-6-30-21(7-16)24-14-26-30/h1-2,4,6-9,11,14-15,31H,3,5,10,12-13H2,(H,27,32)/t15-/m0/s1. The van der Waals surface area contributed by atoms with Gasteiger partial charge in [0, 0.05) is 49.3 Å². The highest BCUT2D eigenvalue weighted by Gasteiger charge is 2.24. The Kier molecular flexibility index (Phi) is 5.28. The van der Waals surface area contributed by atoms with E-state index in [-0.39, 0.29) is 25.0 Å². The van der Waals surface area contributed by atoms with Gasteiger partial charge in [0.25, 0.3) is 0 Å². The Morgan fingerprint density at radius 1 is 1.22 bits per heavy atom. The molecule has 32 heavy (non-hydrogen) atoms. The molecule has 1 atom stereocenters. The molecular formula is C22H22FN7O2. The van der Waals surface area contributed by atoms with E-state index in [2.05, 4.69) is 20.5 Å². The average molecular weight is 435 g/mol. The molecule has 0 spiro atoms. The van der Waals surface area contributed by atoms with Gasteiger partial charge in [-0.3, -0.25) is 9.48 Å². The van der Waals surface area contributed by atoms with Crippen LogP contribution in [0.15, 0.2) is 55.2 Å². The number of halogens is 1. The first-order valence-electron chi connectivity index (χ1n) is 10.4. The topological polar surface area (TPSA) is 101 Å². The summed E-state index contributed by atoms with van der Waals surface area (Å²) in [5.41, 5.74) is 3.36. The van der Waals surface area contributed by atoms with Crippen molar-refractivity contribution in [3.05, 3.63) is 61.1 Å². The lowest BCUT2D eigenvalue weighted by molar-refractivity contribution is -0.116. The van der Waals surface area contributed by atoms with Gasteiger partial charge in [0.15, 0.2) is 5.65 Å². The number of carbonyl (C=O) groups excluding carboxylic acids is 1. The van der Waals surface area contributed by atoms with Crippen molar-refractivity contribution in [3.63, 3.8) is 0 Å². The van der Waals surface area contributed by atoms with Gasteiger partial charge in [-0.25, -0.2) is 13.9 Å². The Morgan fingerprint density at radius 3 is 2.94 bits per heavy atom. The number of anilines is 2. The van der Waals surface area contributed by atoms with Crippen LogP contribution in [0.3, 0.4) is 0 Å². The largest absolute Gasteiger partial charge is 0.396 e. The van der Waals surface area contributed by atoms with E-state index in [1.54, 1.807) is 29.0 Å². The van der Waals surface area contributed by atoms with Gasteiger partial charge in [0.1, 0.15) is 18.7 Å². The minimum atomic E-state index is -0.397. The van der Waals surface area contributed by atoms with E-state index in [1.165, 1.54) is 17.1 Å². The number of amides is 1. The van der Waals surface area contributed by atoms with Crippen LogP contribution in [-0.4, -0.2) is 55.1 Å². The maximum Gasteiger partial charge on any atom is 0.246 e. The average Bonchev–Trinajstić information content (AvgIpc) is 3.53. The minimum Gasteiger partial charge on any atom is -0.396 e. The van der Waals surface area contributed by atoms with Gasteiger partial charge in [0.2, 0.25) is 5.91 Å². The number of nitrogens with one attached hydrogen (secondary N) is 1. The number of hydrogen-bond acceptors (Lipinski definition) is 6. The highest BCUT2D eigenvalue weighted by atomic mass is 19.1. The van der Waals surface area contributed by atoms with Gasteiger partial charge in [-0.15, -0.1) is 0 Å². The number of benzene rings is 1. The van der Waals surface area contributed by atoms with E-state index in [4.69, 9.17) is 0 Å². The van der Waals surface area contributed by atoms with Gasteiger partial charge >= 0.3 is 0 Å². The van der Waals surface area contributed by atoms with Crippen LogP contribution >= 0.6 is 0 Å². The second-order valence-corrected chi connectivity index (χ2v) is 7.90. The van der Waals surface area contributed by atoms with Crippen molar-refractivity contribution in [1.29, 1.82) is 0 Å². The molecule has 164 valence electrons. The van der Waals surface area contributed by atoms with Crippen molar-refractivity contribution >= 4 is 22.9 Å². The number of carbonyl (C=O) groups is 1. The van der Waals surface area contributed by atoms with Crippen molar-refractivity contribution in [2.24, 2.45) is 5.92 Å². The summed E-state index contributed by atoms with van der Waals surface area (Å²) in [6.07, 6.45) is 7.59. The SMILES string of the molecule is O=C(Cn1cc(-c2ccn3ncnc3c2)cn1)Nc1ccc(N2CC[C@H](CO)C2)c(F)c1. The van der Waals surface area contributed by atoms with Crippen molar-refractivity contribution in [1.82, 2.24) is 24.4 Å². The summed E-state index contributed by atoms with van der Waals surface area (Å²) < 4.78 is 17.8. The summed E-state index contributed by atoms with van der Waals surface area (Å²) in [4.78, 5) is 18.5. The summed E-state index contributed by atoms with van der Waals surface area (Å²) in [6.45, 7) is 1.45. The van der Waals surface area contributed by atoms with Crippen LogP contribution in [0.4, 0.5) is 15.8 Å². The lowest BCUT2D eigenvalue weighted by Crippen LogP contribution is -2.22. The van der Waals surface area contributed by atoms with E-state index in [0.29, 0.717) is 24.5 Å². The molecule has 0 aliphatic carbocycles. The number of aromatic nitrogens is 5. The third kappa shape index (κ3) is 4.04. The molecule has 1 amide bonds. The first kappa shape index (κ1) is 20.1. The Morgan fingerprint density at radius 2 is 2.12 bits per heavy atom. The second kappa shape index (κ2) is 8.39. The molecule has 1 aromatic carbocycles. The molecular weight excluding hydrogens is 413 g/mol. The molecule has 3 aromatic heterocycles. The van der Waals surface area contributed by atoms with Gasteiger partial charge in [-0.1, -0.05) is 0 Å². The summed E-state index contributed by atoms with van der Waals surface area (Å²) in [5, 5.41) is 20.3. The Bertz CT molecular complexity index is 1270. The van der Waals surface area contributed by atoms with Crippen LogP contribution in [0, 0.1) is 11.7 Å². The smallest absolute Gasteiger partial charge is 0.246 e. The molecule has 0 radical (unpaired) electrons. The minimum absolute atomic E-state index is 0.000846. The van der Waals surface area contributed by atoms with E-state index in [9.17, 15) is 14.3 Å². The Labute approximate surface area is 183 Å². The number of rotatable bonds is 6. The predicted molar refractivity (Wildman–Crippen MR) is 117 cm³/mol. The van der Waals surface area contributed by atoms with Gasteiger partial charge < -0.3 is 15.3 Å². The summed E-state index contributed by atoms with van der Waals surface area (Å²) in [7, 11) is 0. The quantitative estimate of drug-likeness (QED) is 0.482. The fourth-order valence-corrected chi connectivity index (χ4v) is 3.98. The molecule has 0 bridgehead atoms. The number of aliphatic hydroxyl groups excluding tert-OH is 1. The molecule has 1 fully saturated rings. The normalized spacial score (nSPS) is 16.1. The summed E-state index contributed by atoms with van der Waals surface area (Å²) in [5.74, 6) is -0.529. The van der Waals surface area contributed by atoms with Crippen LogP contribution in [-0.2, 0) is 11.3 Å².